The van der Waals surface area contributed by atoms with Gasteiger partial charge in [0.15, 0.2) is 0 Å². The van der Waals surface area contributed by atoms with Crippen molar-refractivity contribution in [1.82, 2.24) is 0 Å². The van der Waals surface area contributed by atoms with Crippen molar-refractivity contribution in [2.24, 2.45) is 0 Å². The molecule has 1 aromatic heterocycles. The van der Waals surface area contributed by atoms with Crippen molar-refractivity contribution in [3.8, 4) is 0 Å². The van der Waals surface area contributed by atoms with Crippen LogP contribution < -0.4 is 0 Å². The largest absolute Gasteiger partial charge is 0.288 e. The minimum Gasteiger partial charge on any atom is -0.288 e. The molecule has 0 atom stereocenters. The number of ketones is 1. The SMILES string of the molecule is CCc1ccc(C(=O)c2cc(C)c(Br)cc2C)s1. The molecule has 0 radical (unpaired) electrons. The van der Waals surface area contributed by atoms with Crippen molar-refractivity contribution in [1.29, 1.82) is 0 Å². The van der Waals surface area contributed by atoms with E-state index in [9.17, 15) is 4.79 Å². The Morgan fingerprint density at radius 2 is 1.94 bits per heavy atom. The topological polar surface area (TPSA) is 17.1 Å². The molecule has 0 aliphatic heterocycles. The van der Waals surface area contributed by atoms with Crippen LogP contribution in [-0.4, -0.2) is 5.78 Å². The fourth-order valence-electron chi connectivity index (χ4n) is 1.85. The van der Waals surface area contributed by atoms with Crippen LogP contribution in [0.3, 0.4) is 0 Å². The minimum absolute atomic E-state index is 0.132. The summed E-state index contributed by atoms with van der Waals surface area (Å²) >= 11 is 5.09. The third kappa shape index (κ3) is 2.57. The molecule has 1 aromatic carbocycles. The lowest BCUT2D eigenvalue weighted by molar-refractivity contribution is 0.104. The van der Waals surface area contributed by atoms with Crippen molar-refractivity contribution in [3.63, 3.8) is 0 Å². The minimum atomic E-state index is 0.132. The van der Waals surface area contributed by atoms with Gasteiger partial charge in [0.1, 0.15) is 0 Å². The Labute approximate surface area is 120 Å². The van der Waals surface area contributed by atoms with Gasteiger partial charge in [-0.1, -0.05) is 22.9 Å². The van der Waals surface area contributed by atoms with E-state index < -0.39 is 0 Å². The molecule has 0 saturated heterocycles. The number of rotatable bonds is 3. The summed E-state index contributed by atoms with van der Waals surface area (Å²) in [5.74, 6) is 0.132. The van der Waals surface area contributed by atoms with Crippen molar-refractivity contribution in [3.05, 3.63) is 55.2 Å². The number of carbonyl (C=O) groups is 1. The van der Waals surface area contributed by atoms with E-state index in [1.807, 2.05) is 38.1 Å². The standard InChI is InChI=1S/C15H15BrOS/c1-4-11-5-6-14(18-11)15(17)12-7-10(3)13(16)8-9(12)2/h5-8H,4H2,1-3H3. The number of halogens is 1. The van der Waals surface area contributed by atoms with E-state index in [0.29, 0.717) is 0 Å². The second-order valence-corrected chi connectivity index (χ2v) is 6.39. The van der Waals surface area contributed by atoms with Crippen LogP contribution >= 0.6 is 27.3 Å². The van der Waals surface area contributed by atoms with Crippen LogP contribution in [0.1, 0.15) is 38.2 Å². The van der Waals surface area contributed by atoms with Crippen LogP contribution in [0.15, 0.2) is 28.7 Å². The lowest BCUT2D eigenvalue weighted by Crippen LogP contribution is -2.02. The Morgan fingerprint density at radius 1 is 1.22 bits per heavy atom. The first-order chi connectivity index (χ1) is 8.52. The lowest BCUT2D eigenvalue weighted by atomic mass is 10.0. The van der Waals surface area contributed by atoms with Crippen molar-refractivity contribution in [2.75, 3.05) is 0 Å². The van der Waals surface area contributed by atoms with Crippen LogP contribution in [0.4, 0.5) is 0 Å². The van der Waals surface area contributed by atoms with Crippen LogP contribution in [0.25, 0.3) is 0 Å². The first kappa shape index (κ1) is 13.5. The zero-order valence-electron chi connectivity index (χ0n) is 10.7. The molecule has 0 N–H and O–H groups in total. The monoisotopic (exact) mass is 322 g/mol. The molecule has 0 fully saturated rings. The molecule has 0 spiro atoms. The number of benzene rings is 1. The third-order valence-electron chi connectivity index (χ3n) is 2.98. The summed E-state index contributed by atoms with van der Waals surface area (Å²) in [4.78, 5) is 14.5. The van der Waals surface area contributed by atoms with Gasteiger partial charge in [-0.05, 0) is 55.7 Å². The van der Waals surface area contributed by atoms with Crippen molar-refractivity contribution < 1.29 is 4.79 Å². The van der Waals surface area contributed by atoms with Gasteiger partial charge >= 0.3 is 0 Å². The van der Waals surface area contributed by atoms with Gasteiger partial charge < -0.3 is 0 Å². The maximum Gasteiger partial charge on any atom is 0.203 e. The summed E-state index contributed by atoms with van der Waals surface area (Å²) in [6, 6.07) is 7.95. The summed E-state index contributed by atoms with van der Waals surface area (Å²) in [5, 5.41) is 0. The smallest absolute Gasteiger partial charge is 0.203 e. The highest BCUT2D eigenvalue weighted by Gasteiger charge is 2.15. The van der Waals surface area contributed by atoms with Crippen LogP contribution in [0.2, 0.25) is 0 Å². The molecule has 0 amide bonds. The normalized spacial score (nSPS) is 10.7. The van der Waals surface area contributed by atoms with E-state index in [2.05, 4.69) is 22.9 Å². The Hall–Kier alpha value is -0.930. The van der Waals surface area contributed by atoms with E-state index in [1.165, 1.54) is 4.88 Å². The maximum absolute atomic E-state index is 12.5. The van der Waals surface area contributed by atoms with Gasteiger partial charge in [-0.25, -0.2) is 0 Å². The summed E-state index contributed by atoms with van der Waals surface area (Å²) in [6.07, 6.45) is 0.982. The lowest BCUT2D eigenvalue weighted by Gasteiger charge is -2.07. The van der Waals surface area contributed by atoms with Gasteiger partial charge in [-0.2, -0.15) is 0 Å². The van der Waals surface area contributed by atoms with Gasteiger partial charge in [-0.15, -0.1) is 11.3 Å². The number of hydrogen-bond donors (Lipinski definition) is 0. The first-order valence-electron chi connectivity index (χ1n) is 5.93. The van der Waals surface area contributed by atoms with Crippen LogP contribution in [-0.2, 0) is 6.42 Å². The van der Waals surface area contributed by atoms with Crippen LogP contribution in [0, 0.1) is 13.8 Å². The number of thiophene rings is 1. The highest BCUT2D eigenvalue weighted by atomic mass is 79.9. The van der Waals surface area contributed by atoms with Gasteiger partial charge in [0, 0.05) is 14.9 Å². The quantitative estimate of drug-likeness (QED) is 0.733. The summed E-state index contributed by atoms with van der Waals surface area (Å²) in [7, 11) is 0. The molecule has 0 bridgehead atoms. The third-order valence-corrected chi connectivity index (χ3v) is 5.07. The number of hydrogen-bond acceptors (Lipinski definition) is 2. The Balaban J connectivity index is 2.42. The van der Waals surface area contributed by atoms with E-state index in [4.69, 9.17) is 0 Å². The number of carbonyl (C=O) groups excluding carboxylic acids is 1. The van der Waals surface area contributed by atoms with E-state index in [-0.39, 0.29) is 5.78 Å². The molecule has 18 heavy (non-hydrogen) atoms. The molecular weight excluding hydrogens is 308 g/mol. The van der Waals surface area contributed by atoms with Crippen molar-refractivity contribution >= 4 is 33.0 Å². The zero-order chi connectivity index (χ0) is 13.3. The van der Waals surface area contributed by atoms with Crippen LogP contribution in [0.5, 0.6) is 0 Å². The molecule has 2 rings (SSSR count). The summed E-state index contributed by atoms with van der Waals surface area (Å²) < 4.78 is 1.05. The molecule has 2 aromatic rings. The second kappa shape index (κ2) is 5.37. The second-order valence-electron chi connectivity index (χ2n) is 4.36. The average molecular weight is 323 g/mol. The molecule has 0 aliphatic carbocycles. The van der Waals surface area contributed by atoms with Gasteiger partial charge in [0.2, 0.25) is 5.78 Å². The summed E-state index contributed by atoms with van der Waals surface area (Å²) in [6.45, 7) is 6.09. The Bertz CT molecular complexity index is 599. The van der Waals surface area contributed by atoms with E-state index in [1.54, 1.807) is 11.3 Å². The van der Waals surface area contributed by atoms with E-state index in [0.717, 1.165) is 32.5 Å². The molecule has 1 nitrogen and oxygen atoms in total. The fraction of sp³-hybridized carbons (Fsp3) is 0.267. The highest BCUT2D eigenvalue weighted by Crippen LogP contribution is 2.26. The molecule has 0 saturated carbocycles. The Kier molecular flexibility index (Phi) is 4.03. The molecule has 3 heteroatoms. The number of aryl methyl sites for hydroxylation is 3. The summed E-state index contributed by atoms with van der Waals surface area (Å²) in [5.41, 5.74) is 2.92. The predicted molar refractivity (Wildman–Crippen MR) is 80.7 cm³/mol. The zero-order valence-corrected chi connectivity index (χ0v) is 13.1. The van der Waals surface area contributed by atoms with Gasteiger partial charge in [0.05, 0.1) is 4.88 Å². The molecule has 94 valence electrons. The fourth-order valence-corrected chi connectivity index (χ4v) is 3.21. The molecular formula is C15H15BrOS. The molecule has 0 unspecified atom stereocenters. The predicted octanol–water partition coefficient (Wildman–Crippen LogP) is 4.92. The Morgan fingerprint density at radius 3 is 2.56 bits per heavy atom. The molecule has 0 aliphatic rings. The highest BCUT2D eigenvalue weighted by molar-refractivity contribution is 9.10. The maximum atomic E-state index is 12.5. The first-order valence-corrected chi connectivity index (χ1v) is 7.54. The van der Waals surface area contributed by atoms with E-state index >= 15 is 0 Å². The molecule has 1 heterocycles. The van der Waals surface area contributed by atoms with Gasteiger partial charge in [-0.3, -0.25) is 4.79 Å². The van der Waals surface area contributed by atoms with Gasteiger partial charge in [0.25, 0.3) is 0 Å². The average Bonchev–Trinajstić information content (AvgIpc) is 2.81. The van der Waals surface area contributed by atoms with Crippen molar-refractivity contribution in [2.45, 2.75) is 27.2 Å².